The van der Waals surface area contributed by atoms with Gasteiger partial charge in [-0.25, -0.2) is 0 Å². The highest BCUT2D eigenvalue weighted by atomic mass is 35.5. The summed E-state index contributed by atoms with van der Waals surface area (Å²) in [7, 11) is 4.02. The number of aromatic nitrogens is 1. The summed E-state index contributed by atoms with van der Waals surface area (Å²) in [5.41, 5.74) is 3.73. The van der Waals surface area contributed by atoms with Gasteiger partial charge in [-0.3, -0.25) is 0 Å². The second-order valence-corrected chi connectivity index (χ2v) is 4.20. The summed E-state index contributed by atoms with van der Waals surface area (Å²) in [5.74, 6) is 0. The van der Waals surface area contributed by atoms with Crippen LogP contribution < -0.4 is 5.32 Å². The van der Waals surface area contributed by atoms with E-state index in [1.165, 1.54) is 16.6 Å². The highest BCUT2D eigenvalue weighted by molar-refractivity contribution is 6.35. The molecule has 3 heteroatoms. The minimum atomic E-state index is 0.820. The number of para-hydroxylation sites is 1. The Hall–Kier alpha value is -0.990. The normalized spacial score (nSPS) is 11.2. The van der Waals surface area contributed by atoms with Crippen molar-refractivity contribution in [3.05, 3.63) is 34.5 Å². The van der Waals surface area contributed by atoms with E-state index >= 15 is 0 Å². The Labute approximate surface area is 94.8 Å². The Morgan fingerprint density at radius 1 is 1.40 bits per heavy atom. The van der Waals surface area contributed by atoms with Crippen molar-refractivity contribution in [2.45, 2.75) is 13.5 Å². The van der Waals surface area contributed by atoms with Gasteiger partial charge in [0, 0.05) is 24.7 Å². The fourth-order valence-electron chi connectivity index (χ4n) is 2.06. The predicted molar refractivity (Wildman–Crippen MR) is 65.4 cm³/mol. The van der Waals surface area contributed by atoms with Gasteiger partial charge in [0.1, 0.15) is 0 Å². The molecule has 0 aliphatic carbocycles. The molecule has 0 radical (unpaired) electrons. The molecule has 2 aromatic rings. The zero-order valence-corrected chi connectivity index (χ0v) is 10.0. The summed E-state index contributed by atoms with van der Waals surface area (Å²) in [6.07, 6.45) is 0. The van der Waals surface area contributed by atoms with Gasteiger partial charge in [-0.1, -0.05) is 23.7 Å². The molecular weight excluding hydrogens is 208 g/mol. The van der Waals surface area contributed by atoms with Crippen LogP contribution in [-0.2, 0) is 13.6 Å². The largest absolute Gasteiger partial charge is 0.346 e. The summed E-state index contributed by atoms with van der Waals surface area (Å²) in [6, 6.07) is 6.07. The van der Waals surface area contributed by atoms with Crippen LogP contribution in [0.4, 0.5) is 0 Å². The maximum atomic E-state index is 6.21. The van der Waals surface area contributed by atoms with Gasteiger partial charge >= 0.3 is 0 Å². The molecule has 1 aromatic carbocycles. The highest BCUT2D eigenvalue weighted by Crippen LogP contribution is 2.30. The molecule has 2 nitrogen and oxygen atoms in total. The lowest BCUT2D eigenvalue weighted by molar-refractivity contribution is 0.801. The zero-order chi connectivity index (χ0) is 11.0. The molecule has 0 atom stereocenters. The number of fused-ring (bicyclic) bond motifs is 1. The number of halogens is 1. The van der Waals surface area contributed by atoms with Crippen LogP contribution in [0.5, 0.6) is 0 Å². The molecule has 1 aromatic heterocycles. The molecule has 15 heavy (non-hydrogen) atoms. The SMILES string of the molecule is CNCc1c(C)n(C)c2c(Cl)cccc12. The molecule has 0 amide bonds. The summed E-state index contributed by atoms with van der Waals surface area (Å²) in [5, 5.41) is 5.26. The van der Waals surface area contributed by atoms with Gasteiger partial charge in [0.05, 0.1) is 10.5 Å². The predicted octanol–water partition coefficient (Wildman–Crippen LogP) is 2.86. The molecule has 0 saturated heterocycles. The van der Waals surface area contributed by atoms with E-state index in [1.54, 1.807) is 0 Å². The van der Waals surface area contributed by atoms with Crippen LogP contribution in [0.15, 0.2) is 18.2 Å². The molecule has 2 rings (SSSR count). The van der Waals surface area contributed by atoms with Crippen LogP contribution in [0.1, 0.15) is 11.3 Å². The van der Waals surface area contributed by atoms with Gasteiger partial charge < -0.3 is 9.88 Å². The van der Waals surface area contributed by atoms with Crippen molar-refractivity contribution < 1.29 is 0 Å². The number of nitrogens with one attached hydrogen (secondary N) is 1. The lowest BCUT2D eigenvalue weighted by Crippen LogP contribution is -2.06. The maximum Gasteiger partial charge on any atom is 0.0672 e. The van der Waals surface area contributed by atoms with Gasteiger partial charge in [-0.2, -0.15) is 0 Å². The van der Waals surface area contributed by atoms with Gasteiger partial charge in [0.25, 0.3) is 0 Å². The minimum Gasteiger partial charge on any atom is -0.346 e. The smallest absolute Gasteiger partial charge is 0.0672 e. The minimum absolute atomic E-state index is 0.820. The van der Waals surface area contributed by atoms with E-state index in [1.807, 2.05) is 19.2 Å². The molecule has 0 spiro atoms. The summed E-state index contributed by atoms with van der Waals surface area (Å²) >= 11 is 6.21. The molecule has 0 bridgehead atoms. The quantitative estimate of drug-likeness (QED) is 0.827. The van der Waals surface area contributed by atoms with Crippen LogP contribution >= 0.6 is 11.6 Å². The van der Waals surface area contributed by atoms with Crippen LogP contribution in [0.25, 0.3) is 10.9 Å². The van der Waals surface area contributed by atoms with Crippen molar-refractivity contribution in [1.29, 1.82) is 0 Å². The van der Waals surface area contributed by atoms with Crippen molar-refractivity contribution in [2.24, 2.45) is 7.05 Å². The molecule has 1 N–H and O–H groups in total. The number of benzene rings is 1. The Balaban J connectivity index is 2.81. The highest BCUT2D eigenvalue weighted by Gasteiger charge is 2.12. The number of hydrogen-bond donors (Lipinski definition) is 1. The van der Waals surface area contributed by atoms with Crippen LogP contribution in [-0.4, -0.2) is 11.6 Å². The van der Waals surface area contributed by atoms with E-state index in [0.29, 0.717) is 0 Å². The first kappa shape index (κ1) is 10.5. The first-order valence-electron chi connectivity index (χ1n) is 5.03. The van der Waals surface area contributed by atoms with E-state index in [9.17, 15) is 0 Å². The fraction of sp³-hybridized carbons (Fsp3) is 0.333. The van der Waals surface area contributed by atoms with Gasteiger partial charge in [-0.05, 0) is 25.6 Å². The second kappa shape index (κ2) is 3.87. The van der Waals surface area contributed by atoms with Crippen molar-refractivity contribution in [2.75, 3.05) is 7.05 Å². The van der Waals surface area contributed by atoms with E-state index in [0.717, 1.165) is 17.1 Å². The third-order valence-electron chi connectivity index (χ3n) is 2.94. The van der Waals surface area contributed by atoms with Crippen LogP contribution in [0.2, 0.25) is 5.02 Å². The van der Waals surface area contributed by atoms with E-state index < -0.39 is 0 Å². The maximum absolute atomic E-state index is 6.21. The van der Waals surface area contributed by atoms with Crippen molar-refractivity contribution in [3.8, 4) is 0 Å². The standard InChI is InChI=1S/C12H15ClN2/c1-8-10(7-14-2)9-5-4-6-11(13)12(9)15(8)3/h4-6,14H,7H2,1-3H3. The molecule has 0 unspecified atom stereocenters. The molecule has 0 fully saturated rings. The van der Waals surface area contributed by atoms with E-state index in [4.69, 9.17) is 11.6 Å². The molecule has 1 heterocycles. The average molecular weight is 223 g/mol. The number of aryl methyl sites for hydroxylation is 1. The average Bonchev–Trinajstić information content (AvgIpc) is 2.45. The Morgan fingerprint density at radius 2 is 2.13 bits per heavy atom. The lowest BCUT2D eigenvalue weighted by atomic mass is 10.1. The second-order valence-electron chi connectivity index (χ2n) is 3.79. The van der Waals surface area contributed by atoms with Gasteiger partial charge in [0.15, 0.2) is 0 Å². The molecule has 0 saturated carbocycles. The van der Waals surface area contributed by atoms with Crippen molar-refractivity contribution in [3.63, 3.8) is 0 Å². The fourth-order valence-corrected chi connectivity index (χ4v) is 2.37. The molecule has 0 aliphatic heterocycles. The number of rotatable bonds is 2. The lowest BCUT2D eigenvalue weighted by Gasteiger charge is -2.00. The topological polar surface area (TPSA) is 17.0 Å². The van der Waals surface area contributed by atoms with Gasteiger partial charge in [0.2, 0.25) is 0 Å². The summed E-state index contributed by atoms with van der Waals surface area (Å²) < 4.78 is 2.16. The Bertz CT molecular complexity index is 500. The Morgan fingerprint density at radius 3 is 2.80 bits per heavy atom. The Kier molecular flexibility index (Phi) is 2.72. The third kappa shape index (κ3) is 1.54. The van der Waals surface area contributed by atoms with Crippen LogP contribution in [0, 0.1) is 6.92 Å². The van der Waals surface area contributed by atoms with Gasteiger partial charge in [-0.15, -0.1) is 0 Å². The number of nitrogens with zero attached hydrogens (tertiary/aromatic N) is 1. The van der Waals surface area contributed by atoms with E-state index in [-0.39, 0.29) is 0 Å². The molecule has 0 aliphatic rings. The van der Waals surface area contributed by atoms with Crippen molar-refractivity contribution >= 4 is 22.5 Å². The van der Waals surface area contributed by atoms with Crippen molar-refractivity contribution in [1.82, 2.24) is 9.88 Å². The first-order valence-corrected chi connectivity index (χ1v) is 5.41. The van der Waals surface area contributed by atoms with Crippen LogP contribution in [0.3, 0.4) is 0 Å². The zero-order valence-electron chi connectivity index (χ0n) is 9.26. The third-order valence-corrected chi connectivity index (χ3v) is 3.25. The number of hydrogen-bond acceptors (Lipinski definition) is 1. The summed E-state index contributed by atoms with van der Waals surface area (Å²) in [6.45, 7) is 3.01. The summed E-state index contributed by atoms with van der Waals surface area (Å²) in [4.78, 5) is 0. The molecular formula is C12H15ClN2. The monoisotopic (exact) mass is 222 g/mol. The van der Waals surface area contributed by atoms with E-state index in [2.05, 4.69) is 29.9 Å². The first-order chi connectivity index (χ1) is 7.16. The molecule has 80 valence electrons.